The molecule has 0 aromatic carbocycles. The third-order valence-corrected chi connectivity index (χ3v) is 1.97. The van der Waals surface area contributed by atoms with E-state index < -0.39 is 0 Å². The van der Waals surface area contributed by atoms with Crippen LogP contribution >= 0.6 is 0 Å². The van der Waals surface area contributed by atoms with Gasteiger partial charge in [-0.2, -0.15) is 5.21 Å². The average molecular weight is 182 g/mol. The summed E-state index contributed by atoms with van der Waals surface area (Å²) in [6, 6.07) is 0. The molecule has 1 N–H and O–H groups in total. The molecule has 0 bridgehead atoms. The second-order valence-electron chi connectivity index (χ2n) is 4.60. The van der Waals surface area contributed by atoms with Crippen LogP contribution in [0.25, 0.3) is 0 Å². The van der Waals surface area contributed by atoms with E-state index in [1.54, 1.807) is 0 Å². The van der Waals surface area contributed by atoms with E-state index in [0.29, 0.717) is 5.41 Å². The van der Waals surface area contributed by atoms with Crippen LogP contribution < -0.4 is 0 Å². The summed E-state index contributed by atoms with van der Waals surface area (Å²) in [5.74, 6) is 0.828. The maximum atomic E-state index is 3.90. The number of tetrazole rings is 1. The maximum Gasteiger partial charge on any atom is 0.174 e. The number of hydrogen-bond acceptors (Lipinski definition) is 3. The minimum absolute atomic E-state index is 0.442. The molecule has 4 nitrogen and oxygen atoms in total. The minimum Gasteiger partial charge on any atom is -0.177 e. The molecule has 1 aromatic heterocycles. The van der Waals surface area contributed by atoms with Crippen molar-refractivity contribution in [1.82, 2.24) is 20.6 Å². The summed E-state index contributed by atoms with van der Waals surface area (Å²) in [5, 5.41) is 13.8. The number of aromatic amines is 1. The van der Waals surface area contributed by atoms with Crippen molar-refractivity contribution in [2.75, 3.05) is 0 Å². The molecular formula is C9H18N4. The quantitative estimate of drug-likeness (QED) is 0.724. The van der Waals surface area contributed by atoms with Gasteiger partial charge in [0.15, 0.2) is 5.82 Å². The molecule has 0 aliphatic carbocycles. The second-order valence-corrected chi connectivity index (χ2v) is 4.60. The fraction of sp³-hybridized carbons (Fsp3) is 0.889. The highest BCUT2D eigenvalue weighted by Crippen LogP contribution is 2.21. The van der Waals surface area contributed by atoms with Crippen LogP contribution in [0.3, 0.4) is 0 Å². The van der Waals surface area contributed by atoms with E-state index in [-0.39, 0.29) is 0 Å². The van der Waals surface area contributed by atoms with Gasteiger partial charge in [-0.25, -0.2) is 0 Å². The van der Waals surface area contributed by atoms with Gasteiger partial charge in [0.2, 0.25) is 0 Å². The van der Waals surface area contributed by atoms with Gasteiger partial charge in [0.1, 0.15) is 0 Å². The van der Waals surface area contributed by atoms with Crippen LogP contribution in [0.1, 0.15) is 45.9 Å². The molecule has 0 fully saturated rings. The van der Waals surface area contributed by atoms with Crippen LogP contribution in [-0.4, -0.2) is 20.6 Å². The molecule has 1 aromatic rings. The fourth-order valence-electron chi connectivity index (χ4n) is 1.23. The molecule has 0 saturated carbocycles. The highest BCUT2D eigenvalue weighted by atomic mass is 15.5. The maximum absolute atomic E-state index is 3.90. The predicted molar refractivity (Wildman–Crippen MR) is 51.2 cm³/mol. The van der Waals surface area contributed by atoms with E-state index in [1.165, 1.54) is 12.8 Å². The molecule has 1 heterocycles. The van der Waals surface area contributed by atoms with Gasteiger partial charge < -0.3 is 0 Å². The van der Waals surface area contributed by atoms with Crippen LogP contribution in [0.15, 0.2) is 0 Å². The Morgan fingerprint density at radius 3 is 2.54 bits per heavy atom. The average Bonchev–Trinajstić information content (AvgIpc) is 2.48. The SMILES string of the molecule is CC(C)(C)CCCCc1nn[nH]n1. The van der Waals surface area contributed by atoms with E-state index in [9.17, 15) is 0 Å². The van der Waals surface area contributed by atoms with E-state index >= 15 is 0 Å². The monoisotopic (exact) mass is 182 g/mol. The number of nitrogens with one attached hydrogen (secondary N) is 1. The van der Waals surface area contributed by atoms with Crippen LogP contribution in [0.4, 0.5) is 0 Å². The molecule has 4 heteroatoms. The second kappa shape index (κ2) is 4.35. The van der Waals surface area contributed by atoms with Crippen LogP contribution in [-0.2, 0) is 6.42 Å². The van der Waals surface area contributed by atoms with Crippen LogP contribution in [0.2, 0.25) is 0 Å². The Bertz CT molecular complexity index is 222. The smallest absolute Gasteiger partial charge is 0.174 e. The van der Waals surface area contributed by atoms with E-state index in [2.05, 4.69) is 41.4 Å². The van der Waals surface area contributed by atoms with Crippen molar-refractivity contribution in [2.24, 2.45) is 5.41 Å². The Balaban J connectivity index is 2.09. The highest BCUT2D eigenvalue weighted by Gasteiger charge is 2.09. The van der Waals surface area contributed by atoms with E-state index in [1.807, 2.05) is 0 Å². The summed E-state index contributed by atoms with van der Waals surface area (Å²) in [5.41, 5.74) is 0.442. The summed E-state index contributed by atoms with van der Waals surface area (Å²) in [6.45, 7) is 6.80. The standard InChI is InChI=1S/C9H18N4/c1-9(2,3)7-5-4-6-8-10-12-13-11-8/h4-7H2,1-3H3,(H,10,11,12,13). The topological polar surface area (TPSA) is 54.5 Å². The lowest BCUT2D eigenvalue weighted by molar-refractivity contribution is 0.360. The van der Waals surface area contributed by atoms with Gasteiger partial charge >= 0.3 is 0 Å². The van der Waals surface area contributed by atoms with Crippen molar-refractivity contribution >= 4 is 0 Å². The number of H-pyrrole nitrogens is 1. The third kappa shape index (κ3) is 4.60. The normalized spacial score (nSPS) is 11.9. The Labute approximate surface area is 79.1 Å². The summed E-state index contributed by atoms with van der Waals surface area (Å²) in [6.07, 6.45) is 4.58. The summed E-state index contributed by atoms with van der Waals surface area (Å²) < 4.78 is 0. The zero-order valence-corrected chi connectivity index (χ0v) is 8.67. The van der Waals surface area contributed by atoms with Gasteiger partial charge in [0, 0.05) is 6.42 Å². The summed E-state index contributed by atoms with van der Waals surface area (Å²) in [4.78, 5) is 0. The number of hydrogen-bond donors (Lipinski definition) is 1. The first-order chi connectivity index (χ1) is 6.08. The summed E-state index contributed by atoms with van der Waals surface area (Å²) >= 11 is 0. The number of nitrogens with zero attached hydrogens (tertiary/aromatic N) is 3. The number of aromatic nitrogens is 4. The van der Waals surface area contributed by atoms with Crippen molar-refractivity contribution < 1.29 is 0 Å². The Kier molecular flexibility index (Phi) is 3.39. The molecule has 74 valence electrons. The molecular weight excluding hydrogens is 164 g/mol. The first-order valence-electron chi connectivity index (χ1n) is 4.80. The van der Waals surface area contributed by atoms with Gasteiger partial charge in [-0.3, -0.25) is 0 Å². The van der Waals surface area contributed by atoms with Crippen molar-refractivity contribution in [3.05, 3.63) is 5.82 Å². The molecule has 0 unspecified atom stereocenters. The predicted octanol–water partition coefficient (Wildman–Crippen LogP) is 1.96. The molecule has 0 aliphatic rings. The largest absolute Gasteiger partial charge is 0.177 e. The van der Waals surface area contributed by atoms with Gasteiger partial charge in [-0.15, -0.1) is 10.2 Å². The molecule has 0 saturated heterocycles. The Hall–Kier alpha value is -0.930. The molecule has 0 radical (unpaired) electrons. The molecule has 1 rings (SSSR count). The van der Waals surface area contributed by atoms with E-state index in [4.69, 9.17) is 0 Å². The minimum atomic E-state index is 0.442. The van der Waals surface area contributed by atoms with Crippen molar-refractivity contribution in [1.29, 1.82) is 0 Å². The number of aryl methyl sites for hydroxylation is 1. The number of unbranched alkanes of at least 4 members (excludes halogenated alkanes) is 1. The number of rotatable bonds is 4. The Morgan fingerprint density at radius 1 is 1.23 bits per heavy atom. The summed E-state index contributed by atoms with van der Waals surface area (Å²) in [7, 11) is 0. The van der Waals surface area contributed by atoms with Crippen molar-refractivity contribution in [3.63, 3.8) is 0 Å². The zero-order chi connectivity index (χ0) is 9.73. The van der Waals surface area contributed by atoms with Gasteiger partial charge in [-0.1, -0.05) is 32.4 Å². The lowest BCUT2D eigenvalue weighted by atomic mass is 9.89. The van der Waals surface area contributed by atoms with Gasteiger partial charge in [-0.05, 0) is 18.3 Å². The Morgan fingerprint density at radius 2 is 2.00 bits per heavy atom. The highest BCUT2D eigenvalue weighted by molar-refractivity contribution is 4.75. The first kappa shape index (κ1) is 10.2. The van der Waals surface area contributed by atoms with Crippen molar-refractivity contribution in [2.45, 2.75) is 46.5 Å². The molecule has 0 spiro atoms. The third-order valence-electron chi connectivity index (χ3n) is 1.97. The lowest BCUT2D eigenvalue weighted by Crippen LogP contribution is -2.04. The molecule has 0 amide bonds. The molecule has 0 atom stereocenters. The fourth-order valence-corrected chi connectivity index (χ4v) is 1.23. The van der Waals surface area contributed by atoms with E-state index in [0.717, 1.165) is 18.7 Å². The lowest BCUT2D eigenvalue weighted by Gasteiger charge is -2.16. The van der Waals surface area contributed by atoms with Gasteiger partial charge in [0.25, 0.3) is 0 Å². The molecule has 13 heavy (non-hydrogen) atoms. The van der Waals surface area contributed by atoms with Crippen LogP contribution in [0.5, 0.6) is 0 Å². The zero-order valence-electron chi connectivity index (χ0n) is 8.67. The molecule has 0 aliphatic heterocycles. The van der Waals surface area contributed by atoms with Gasteiger partial charge in [0.05, 0.1) is 0 Å². The first-order valence-corrected chi connectivity index (χ1v) is 4.80. The van der Waals surface area contributed by atoms with Crippen LogP contribution in [0, 0.1) is 5.41 Å². The van der Waals surface area contributed by atoms with Crippen molar-refractivity contribution in [3.8, 4) is 0 Å².